The molecule has 1 atom stereocenters. The Morgan fingerprint density at radius 1 is 1.11 bits per heavy atom. The number of likely N-dealkylation sites (N-methyl/N-ethyl adjacent to an activating group) is 1. The zero-order chi connectivity index (χ0) is 19.8. The van der Waals surface area contributed by atoms with E-state index < -0.39 is 0 Å². The van der Waals surface area contributed by atoms with Crippen molar-refractivity contribution in [2.45, 2.75) is 33.4 Å². The number of amides is 1. The highest BCUT2D eigenvalue weighted by Crippen LogP contribution is 2.22. The van der Waals surface area contributed by atoms with Crippen LogP contribution in [0.1, 0.15) is 37.9 Å². The number of rotatable bonds is 9. The summed E-state index contributed by atoms with van der Waals surface area (Å²) in [5.41, 5.74) is 2.04. The normalized spacial score (nSPS) is 12.3. The Balaban J connectivity index is 1.98. The third-order valence-corrected chi connectivity index (χ3v) is 4.59. The second kappa shape index (κ2) is 10.1. The van der Waals surface area contributed by atoms with Crippen molar-refractivity contribution in [3.05, 3.63) is 65.5 Å². The van der Waals surface area contributed by atoms with Gasteiger partial charge in [-0.1, -0.05) is 45.0 Å². The van der Waals surface area contributed by atoms with E-state index in [-0.39, 0.29) is 23.7 Å². The van der Waals surface area contributed by atoms with Gasteiger partial charge in [0.05, 0.1) is 19.7 Å². The number of carbonyl (C=O) groups excluding carboxylic acids is 1. The molecule has 5 heteroatoms. The van der Waals surface area contributed by atoms with Gasteiger partial charge in [-0.25, -0.2) is 4.39 Å². The molecular formula is C22H29FN2O2. The van der Waals surface area contributed by atoms with Crippen LogP contribution in [0.4, 0.5) is 4.39 Å². The van der Waals surface area contributed by atoms with Gasteiger partial charge in [0, 0.05) is 6.54 Å². The molecule has 2 aromatic rings. The van der Waals surface area contributed by atoms with Crippen LogP contribution in [0.5, 0.6) is 5.75 Å². The molecule has 0 saturated heterocycles. The fourth-order valence-corrected chi connectivity index (χ4v) is 3.00. The lowest BCUT2D eigenvalue weighted by Crippen LogP contribution is -2.40. The van der Waals surface area contributed by atoms with Gasteiger partial charge < -0.3 is 10.1 Å². The number of hydrogen-bond donors (Lipinski definition) is 1. The summed E-state index contributed by atoms with van der Waals surface area (Å²) in [5.74, 6) is 0.715. The van der Waals surface area contributed by atoms with Gasteiger partial charge in [-0.15, -0.1) is 0 Å². The number of benzene rings is 2. The topological polar surface area (TPSA) is 41.6 Å². The van der Waals surface area contributed by atoms with Crippen molar-refractivity contribution >= 4 is 5.91 Å². The third-order valence-electron chi connectivity index (χ3n) is 4.59. The summed E-state index contributed by atoms with van der Waals surface area (Å²) >= 11 is 0. The number of methoxy groups -OCH3 is 1. The lowest BCUT2D eigenvalue weighted by Gasteiger charge is -2.26. The fourth-order valence-electron chi connectivity index (χ4n) is 3.00. The van der Waals surface area contributed by atoms with Crippen molar-refractivity contribution in [2.24, 2.45) is 5.92 Å². The maximum Gasteiger partial charge on any atom is 0.234 e. The van der Waals surface area contributed by atoms with Crippen LogP contribution in [0.3, 0.4) is 0 Å². The van der Waals surface area contributed by atoms with Crippen LogP contribution in [0, 0.1) is 11.7 Å². The Hall–Kier alpha value is -2.40. The molecule has 2 rings (SSSR count). The van der Waals surface area contributed by atoms with Crippen molar-refractivity contribution < 1.29 is 13.9 Å². The first-order valence-electron chi connectivity index (χ1n) is 9.33. The van der Waals surface area contributed by atoms with E-state index in [4.69, 9.17) is 4.74 Å². The molecular weight excluding hydrogens is 343 g/mol. The average molecular weight is 372 g/mol. The predicted molar refractivity (Wildman–Crippen MR) is 106 cm³/mol. The minimum Gasteiger partial charge on any atom is -0.497 e. The molecule has 0 aliphatic carbocycles. The van der Waals surface area contributed by atoms with E-state index >= 15 is 0 Å². The van der Waals surface area contributed by atoms with E-state index in [1.165, 1.54) is 12.1 Å². The molecule has 2 aromatic carbocycles. The summed E-state index contributed by atoms with van der Waals surface area (Å²) in [6.07, 6.45) is 0. The first-order valence-corrected chi connectivity index (χ1v) is 9.33. The molecule has 0 fully saturated rings. The zero-order valence-electron chi connectivity index (χ0n) is 16.5. The predicted octanol–water partition coefficient (Wildman–Crippen LogP) is 4.17. The molecule has 0 radical (unpaired) electrons. The van der Waals surface area contributed by atoms with Crippen molar-refractivity contribution in [3.63, 3.8) is 0 Å². The minimum absolute atomic E-state index is 0.0339. The highest BCUT2D eigenvalue weighted by Gasteiger charge is 2.19. The van der Waals surface area contributed by atoms with Gasteiger partial charge in [-0.05, 0) is 47.9 Å². The van der Waals surface area contributed by atoms with Gasteiger partial charge in [0.2, 0.25) is 5.91 Å². The molecule has 1 unspecified atom stereocenters. The monoisotopic (exact) mass is 372 g/mol. The third kappa shape index (κ3) is 6.36. The van der Waals surface area contributed by atoms with Crippen LogP contribution in [-0.4, -0.2) is 31.0 Å². The molecule has 146 valence electrons. The number of ether oxygens (including phenoxy) is 1. The van der Waals surface area contributed by atoms with Crippen molar-refractivity contribution in [3.8, 4) is 5.75 Å². The smallest absolute Gasteiger partial charge is 0.234 e. The first kappa shape index (κ1) is 20.9. The molecule has 0 bridgehead atoms. The fraction of sp³-hybridized carbons (Fsp3) is 0.409. The van der Waals surface area contributed by atoms with E-state index in [0.717, 1.165) is 23.4 Å². The molecule has 27 heavy (non-hydrogen) atoms. The molecule has 0 aliphatic heterocycles. The van der Waals surface area contributed by atoms with Crippen LogP contribution in [0.2, 0.25) is 0 Å². The quantitative estimate of drug-likeness (QED) is 0.718. The maximum absolute atomic E-state index is 13.2. The van der Waals surface area contributed by atoms with E-state index in [9.17, 15) is 9.18 Å². The standard InChI is InChI=1S/C22H29FN2O2/c1-5-25(14-17-6-12-20(27-4)13-7-17)15-21(26)24-22(16(2)3)18-8-10-19(23)11-9-18/h6-13,16,22H,5,14-15H2,1-4H3,(H,24,26). The Morgan fingerprint density at radius 2 is 1.74 bits per heavy atom. The van der Waals surface area contributed by atoms with Crippen LogP contribution < -0.4 is 10.1 Å². The number of nitrogens with zero attached hydrogens (tertiary/aromatic N) is 1. The van der Waals surface area contributed by atoms with Gasteiger partial charge in [-0.2, -0.15) is 0 Å². The van der Waals surface area contributed by atoms with Crippen molar-refractivity contribution in [2.75, 3.05) is 20.2 Å². The number of carbonyl (C=O) groups is 1. The highest BCUT2D eigenvalue weighted by atomic mass is 19.1. The number of hydrogen-bond acceptors (Lipinski definition) is 3. The Labute approximate surface area is 161 Å². The van der Waals surface area contributed by atoms with E-state index in [1.54, 1.807) is 19.2 Å². The lowest BCUT2D eigenvalue weighted by atomic mass is 9.96. The summed E-state index contributed by atoms with van der Waals surface area (Å²) in [6.45, 7) is 7.90. The van der Waals surface area contributed by atoms with Crippen LogP contribution in [0.25, 0.3) is 0 Å². The van der Waals surface area contributed by atoms with Gasteiger partial charge in [0.1, 0.15) is 11.6 Å². The molecule has 1 N–H and O–H groups in total. The van der Waals surface area contributed by atoms with E-state index in [1.807, 2.05) is 45.0 Å². The van der Waals surface area contributed by atoms with Crippen molar-refractivity contribution in [1.82, 2.24) is 10.2 Å². The van der Waals surface area contributed by atoms with Gasteiger partial charge in [0.25, 0.3) is 0 Å². The Bertz CT molecular complexity index is 714. The highest BCUT2D eigenvalue weighted by molar-refractivity contribution is 5.78. The summed E-state index contributed by atoms with van der Waals surface area (Å²) < 4.78 is 18.4. The van der Waals surface area contributed by atoms with Gasteiger partial charge >= 0.3 is 0 Å². The average Bonchev–Trinajstić information content (AvgIpc) is 2.66. The summed E-state index contributed by atoms with van der Waals surface area (Å²) in [7, 11) is 1.64. The first-order chi connectivity index (χ1) is 12.9. The van der Waals surface area contributed by atoms with Crippen LogP contribution >= 0.6 is 0 Å². The Kier molecular flexibility index (Phi) is 7.80. The second-order valence-electron chi connectivity index (χ2n) is 6.99. The number of halogens is 1. The molecule has 0 aromatic heterocycles. The molecule has 0 aliphatic rings. The SMILES string of the molecule is CCN(CC(=O)NC(c1ccc(F)cc1)C(C)C)Cc1ccc(OC)cc1. The molecule has 0 saturated carbocycles. The van der Waals surface area contributed by atoms with Crippen LogP contribution in [-0.2, 0) is 11.3 Å². The summed E-state index contributed by atoms with van der Waals surface area (Å²) in [4.78, 5) is 14.7. The molecule has 0 heterocycles. The second-order valence-corrected chi connectivity index (χ2v) is 6.99. The molecule has 4 nitrogen and oxygen atoms in total. The van der Waals surface area contributed by atoms with Gasteiger partial charge in [0.15, 0.2) is 0 Å². The molecule has 0 spiro atoms. The summed E-state index contributed by atoms with van der Waals surface area (Å²) in [6, 6.07) is 14.0. The summed E-state index contributed by atoms with van der Waals surface area (Å²) in [5, 5.41) is 3.10. The van der Waals surface area contributed by atoms with E-state index in [2.05, 4.69) is 10.2 Å². The van der Waals surface area contributed by atoms with Crippen LogP contribution in [0.15, 0.2) is 48.5 Å². The van der Waals surface area contributed by atoms with Crippen molar-refractivity contribution in [1.29, 1.82) is 0 Å². The largest absolute Gasteiger partial charge is 0.497 e. The number of nitrogens with one attached hydrogen (secondary N) is 1. The van der Waals surface area contributed by atoms with Gasteiger partial charge in [-0.3, -0.25) is 9.69 Å². The molecule has 1 amide bonds. The Morgan fingerprint density at radius 3 is 2.26 bits per heavy atom. The maximum atomic E-state index is 13.2. The van der Waals surface area contributed by atoms with E-state index in [0.29, 0.717) is 13.1 Å². The zero-order valence-corrected chi connectivity index (χ0v) is 16.5. The minimum atomic E-state index is -0.274. The lowest BCUT2D eigenvalue weighted by molar-refractivity contribution is -0.123.